The van der Waals surface area contributed by atoms with E-state index >= 15 is 0 Å². The van der Waals surface area contributed by atoms with Crippen LogP contribution in [0.3, 0.4) is 0 Å². The molecule has 0 bridgehead atoms. The molecule has 2 aromatic heterocycles. The Labute approximate surface area is 385 Å². The number of benzene rings is 4. The van der Waals surface area contributed by atoms with Crippen molar-refractivity contribution in [2.24, 2.45) is 5.41 Å². The van der Waals surface area contributed by atoms with E-state index in [4.69, 9.17) is 48.6 Å². The molecule has 1 aliphatic heterocycles. The summed E-state index contributed by atoms with van der Waals surface area (Å²) in [7, 11) is 0. The lowest BCUT2D eigenvalue weighted by molar-refractivity contribution is -0.157. The summed E-state index contributed by atoms with van der Waals surface area (Å²) in [6, 6.07) is 28.4. The monoisotopic (exact) mass is 907 g/mol. The lowest BCUT2D eigenvalue weighted by Gasteiger charge is -2.37. The van der Waals surface area contributed by atoms with Crippen LogP contribution < -0.4 is 0 Å². The van der Waals surface area contributed by atoms with Crippen molar-refractivity contribution in [3.63, 3.8) is 0 Å². The molecule has 0 unspecified atom stereocenters. The number of alkyl halides is 1. The predicted octanol–water partition coefficient (Wildman–Crippen LogP) is 14.1. The van der Waals surface area contributed by atoms with Gasteiger partial charge in [-0.3, -0.25) is 9.69 Å². The lowest BCUT2D eigenvalue weighted by Crippen LogP contribution is -2.43. The number of likely N-dealkylation sites (tertiary alicyclic amines) is 1. The van der Waals surface area contributed by atoms with Crippen molar-refractivity contribution in [1.29, 1.82) is 0 Å². The van der Waals surface area contributed by atoms with Crippen molar-refractivity contribution >= 4 is 40.8 Å². The van der Waals surface area contributed by atoms with Gasteiger partial charge in [0.25, 0.3) is 11.8 Å². The van der Waals surface area contributed by atoms with Gasteiger partial charge in [0.15, 0.2) is 0 Å². The van der Waals surface area contributed by atoms with Crippen LogP contribution in [-0.2, 0) is 22.0 Å². The second-order valence-corrected chi connectivity index (χ2v) is 18.7. The highest BCUT2D eigenvalue weighted by molar-refractivity contribution is 6.32. The molecular formula is C51H56Cl3N5O4. The van der Waals surface area contributed by atoms with Crippen LogP contribution in [-0.4, -0.2) is 50.8 Å². The first-order valence-corrected chi connectivity index (χ1v) is 23.9. The predicted molar refractivity (Wildman–Crippen MR) is 251 cm³/mol. The second kappa shape index (κ2) is 21.0. The van der Waals surface area contributed by atoms with Gasteiger partial charge in [0.1, 0.15) is 0 Å². The van der Waals surface area contributed by atoms with Crippen LogP contribution >= 0.6 is 34.8 Å². The summed E-state index contributed by atoms with van der Waals surface area (Å²) >= 11 is 19.1. The molecule has 9 nitrogen and oxygen atoms in total. The van der Waals surface area contributed by atoms with Crippen molar-refractivity contribution in [2.45, 2.75) is 115 Å². The van der Waals surface area contributed by atoms with Crippen LogP contribution in [0.15, 0.2) is 94.0 Å². The van der Waals surface area contributed by atoms with Gasteiger partial charge in [0.05, 0.1) is 12.0 Å². The minimum absolute atomic E-state index is 0.0686. The third-order valence-electron chi connectivity index (χ3n) is 13.1. The fourth-order valence-electron chi connectivity index (χ4n) is 9.20. The third-order valence-corrected chi connectivity index (χ3v) is 14.1. The van der Waals surface area contributed by atoms with Crippen LogP contribution in [0.1, 0.15) is 125 Å². The summed E-state index contributed by atoms with van der Waals surface area (Å²) < 4.78 is 16.3. The summed E-state index contributed by atoms with van der Waals surface area (Å²) in [5.74, 6) is 3.64. The molecule has 2 aliphatic carbocycles. The third kappa shape index (κ3) is 11.1. The van der Waals surface area contributed by atoms with Crippen LogP contribution in [0, 0.1) is 5.41 Å². The molecule has 1 saturated heterocycles. The van der Waals surface area contributed by atoms with E-state index in [1.54, 1.807) is 0 Å². The van der Waals surface area contributed by atoms with E-state index in [9.17, 15) is 4.79 Å². The molecule has 9 rings (SSSR count). The number of hydrogen-bond acceptors (Lipinski definition) is 9. The standard InChI is InChI=1S/C30H36ClN3O3.C21H20Cl2N2O/c1-3-36-29(35)30(2)15-17-34(18-16-30)20-21-9-11-23(12-10-21)27-32-28(37-33-27)24-13-14-25(26(31)19-24)22-7-5-4-6-8-22;22-13-14-6-8-16(9-7-14)20-24-21(26-25-20)17-10-11-18(19(23)12-17)15-4-2-1-3-5-15/h9-14,19,22H,3-8,15-18,20H2,1-2H3;6-12,15H,1-5,13H2. The molecule has 2 saturated carbocycles. The quantitative estimate of drug-likeness (QED) is 0.0927. The topological polar surface area (TPSA) is 107 Å². The number of ether oxygens (including phenoxy) is 1. The van der Waals surface area contributed by atoms with E-state index in [1.165, 1.54) is 80.9 Å². The van der Waals surface area contributed by atoms with Crippen molar-refractivity contribution < 1.29 is 18.6 Å². The Balaban J connectivity index is 0.000000184. The number of nitrogens with zero attached hydrogens (tertiary/aromatic N) is 5. The molecule has 63 heavy (non-hydrogen) atoms. The van der Waals surface area contributed by atoms with E-state index in [0.717, 1.165) is 70.3 Å². The highest BCUT2D eigenvalue weighted by Crippen LogP contribution is 2.40. The molecule has 0 radical (unpaired) electrons. The van der Waals surface area contributed by atoms with Crippen LogP contribution in [0.5, 0.6) is 0 Å². The highest BCUT2D eigenvalue weighted by Gasteiger charge is 2.38. The number of halogens is 3. The number of carbonyl (C=O) groups excluding carboxylic acids is 1. The molecule has 0 atom stereocenters. The van der Waals surface area contributed by atoms with Crippen molar-refractivity contribution in [1.82, 2.24) is 25.2 Å². The van der Waals surface area contributed by atoms with Crippen LogP contribution in [0.2, 0.25) is 10.0 Å². The van der Waals surface area contributed by atoms with Gasteiger partial charge < -0.3 is 13.8 Å². The number of esters is 1. The van der Waals surface area contributed by atoms with Gasteiger partial charge in [0, 0.05) is 44.7 Å². The SMILES string of the molecule is CCOC(=O)C1(C)CCN(Cc2ccc(-c3noc(-c4ccc(C5CCCCC5)c(Cl)c4)n3)cc2)CC1.ClCc1ccc(-c2noc(-c3ccc(C4CCCCC4)c(Cl)c3)n2)cc1. The number of aromatic nitrogens is 4. The van der Waals surface area contributed by atoms with E-state index in [0.29, 0.717) is 47.8 Å². The van der Waals surface area contributed by atoms with Crippen LogP contribution in [0.4, 0.5) is 0 Å². The minimum atomic E-state index is -0.368. The van der Waals surface area contributed by atoms with Crippen molar-refractivity contribution in [2.75, 3.05) is 19.7 Å². The Bertz CT molecular complexity index is 2430. The van der Waals surface area contributed by atoms with E-state index in [2.05, 4.69) is 49.4 Å². The molecule has 4 aromatic carbocycles. The zero-order valence-corrected chi connectivity index (χ0v) is 38.5. The summed E-state index contributed by atoms with van der Waals surface area (Å²) in [6.07, 6.45) is 14.3. The molecule has 3 fully saturated rings. The van der Waals surface area contributed by atoms with E-state index in [1.807, 2.05) is 74.5 Å². The van der Waals surface area contributed by atoms with Gasteiger partial charge in [-0.15, -0.1) is 11.6 Å². The number of piperidine rings is 1. The fraction of sp³-hybridized carbons (Fsp3) is 0.431. The summed E-state index contributed by atoms with van der Waals surface area (Å²) in [4.78, 5) is 23.8. The zero-order chi connectivity index (χ0) is 43.8. The Hall–Kier alpha value is -4.54. The summed E-state index contributed by atoms with van der Waals surface area (Å²) in [5.41, 5.74) is 7.90. The maximum absolute atomic E-state index is 12.3. The van der Waals surface area contributed by atoms with Crippen molar-refractivity contribution in [3.05, 3.63) is 117 Å². The van der Waals surface area contributed by atoms with Crippen LogP contribution in [0.25, 0.3) is 45.7 Å². The fourth-order valence-corrected chi connectivity index (χ4v) is 10.0. The number of hydrogen-bond donors (Lipinski definition) is 0. The van der Waals surface area contributed by atoms with Crippen molar-refractivity contribution in [3.8, 4) is 45.7 Å². The van der Waals surface area contributed by atoms with Gasteiger partial charge in [0.2, 0.25) is 11.6 Å². The first-order chi connectivity index (χ1) is 30.7. The molecule has 3 aliphatic rings. The second-order valence-electron chi connectivity index (χ2n) is 17.6. The first kappa shape index (κ1) is 45.0. The Morgan fingerprint density at radius 2 is 1.11 bits per heavy atom. The Morgan fingerprint density at radius 1 is 0.667 bits per heavy atom. The van der Waals surface area contributed by atoms with E-state index < -0.39 is 0 Å². The molecule has 330 valence electrons. The Morgan fingerprint density at radius 3 is 1.54 bits per heavy atom. The average molecular weight is 909 g/mol. The molecular weight excluding hydrogens is 853 g/mol. The van der Waals surface area contributed by atoms with Gasteiger partial charge >= 0.3 is 5.97 Å². The Kier molecular flexibility index (Phi) is 15.0. The maximum Gasteiger partial charge on any atom is 0.311 e. The summed E-state index contributed by atoms with van der Waals surface area (Å²) in [6.45, 7) is 6.94. The van der Waals surface area contributed by atoms with Gasteiger partial charge in [-0.1, -0.05) is 133 Å². The normalized spacial score (nSPS) is 17.2. The smallest absolute Gasteiger partial charge is 0.311 e. The average Bonchev–Trinajstić information content (AvgIpc) is 4.03. The molecule has 6 aromatic rings. The number of rotatable bonds is 11. The summed E-state index contributed by atoms with van der Waals surface area (Å²) in [5, 5.41) is 9.89. The maximum atomic E-state index is 12.3. The molecule has 3 heterocycles. The van der Waals surface area contributed by atoms with Gasteiger partial charge in [-0.2, -0.15) is 9.97 Å². The van der Waals surface area contributed by atoms with Gasteiger partial charge in [-0.25, -0.2) is 0 Å². The van der Waals surface area contributed by atoms with Gasteiger partial charge in [-0.05, 0) is 124 Å². The lowest BCUT2D eigenvalue weighted by atomic mass is 9.80. The molecule has 0 N–H and O–H groups in total. The minimum Gasteiger partial charge on any atom is -0.466 e. The zero-order valence-electron chi connectivity index (χ0n) is 36.3. The molecule has 12 heteroatoms. The number of carbonyl (C=O) groups is 1. The highest BCUT2D eigenvalue weighted by atomic mass is 35.5. The first-order valence-electron chi connectivity index (χ1n) is 22.6. The van der Waals surface area contributed by atoms with E-state index in [-0.39, 0.29) is 11.4 Å². The molecule has 0 amide bonds. The molecule has 0 spiro atoms. The largest absolute Gasteiger partial charge is 0.466 e.